The average Bonchev–Trinajstić information content (AvgIpc) is 2.77. The third kappa shape index (κ3) is 3.02. The molecule has 1 atom stereocenters. The van der Waals surface area contributed by atoms with Crippen molar-refractivity contribution < 1.29 is 19.4 Å². The number of aliphatic hydroxyl groups is 1. The van der Waals surface area contributed by atoms with Crippen molar-refractivity contribution in [3.8, 4) is 5.75 Å². The molecule has 7 heteroatoms. The van der Waals surface area contributed by atoms with Crippen molar-refractivity contribution in [2.45, 2.75) is 69.7 Å². The number of rotatable bonds is 5. The van der Waals surface area contributed by atoms with Gasteiger partial charge in [0.05, 0.1) is 30.1 Å². The number of carbonyl (C=O) groups excluding carboxylic acids is 1. The molecule has 1 aromatic rings. The number of hydrogen-bond acceptors (Lipinski definition) is 5. The van der Waals surface area contributed by atoms with E-state index in [0.29, 0.717) is 5.75 Å². The number of alkyl carbamates (subject to hydrolysis) is 1. The third-order valence-electron chi connectivity index (χ3n) is 4.41. The lowest BCUT2D eigenvalue weighted by Crippen LogP contribution is -2.79. The second-order valence-electron chi connectivity index (χ2n) is 7.89. The summed E-state index contributed by atoms with van der Waals surface area (Å²) in [7, 11) is 0. The summed E-state index contributed by atoms with van der Waals surface area (Å²) in [4.78, 5) is 11.9. The highest BCUT2D eigenvalue weighted by Crippen LogP contribution is 2.65. The van der Waals surface area contributed by atoms with Crippen molar-refractivity contribution in [1.29, 1.82) is 0 Å². The summed E-state index contributed by atoms with van der Waals surface area (Å²) < 4.78 is 12.8. The molecule has 2 N–H and O–H groups in total. The average molecular weight is 323 g/mol. The van der Waals surface area contributed by atoms with Crippen LogP contribution in [0.2, 0.25) is 0 Å². The molecule has 3 aliphatic rings. The van der Waals surface area contributed by atoms with Crippen LogP contribution in [0.3, 0.4) is 0 Å². The van der Waals surface area contributed by atoms with Crippen molar-refractivity contribution in [3.05, 3.63) is 12.4 Å². The first-order valence-electron chi connectivity index (χ1n) is 7.99. The Labute approximate surface area is 136 Å². The van der Waals surface area contributed by atoms with Crippen LogP contribution in [-0.2, 0) is 10.3 Å². The first-order chi connectivity index (χ1) is 10.7. The smallest absolute Gasteiger partial charge is 0.408 e. The van der Waals surface area contributed by atoms with Crippen molar-refractivity contribution >= 4 is 6.09 Å². The molecule has 0 unspecified atom stereocenters. The predicted molar refractivity (Wildman–Crippen MR) is 83.3 cm³/mol. The second kappa shape index (κ2) is 5.12. The lowest BCUT2D eigenvalue weighted by Gasteiger charge is -2.69. The van der Waals surface area contributed by atoms with E-state index >= 15 is 0 Å². The Morgan fingerprint density at radius 1 is 1.48 bits per heavy atom. The van der Waals surface area contributed by atoms with E-state index in [0.717, 1.165) is 19.3 Å². The second-order valence-corrected chi connectivity index (χ2v) is 7.89. The van der Waals surface area contributed by atoms with E-state index in [1.54, 1.807) is 13.1 Å². The van der Waals surface area contributed by atoms with E-state index in [1.165, 1.54) is 0 Å². The standard InChI is InChI=1S/C16H25N3O4/c1-11(7-20)22-12-5-17-19(6-12)16-8-15(9-16,10-16)18-13(21)23-14(2,3)4/h5-6,11,20H,7-10H2,1-4H3,(H,18,21)/t11-,15?,16?/m1/s1. The molecule has 1 heterocycles. The fourth-order valence-corrected chi connectivity index (χ4v) is 3.53. The molecule has 3 fully saturated rings. The van der Waals surface area contributed by atoms with Gasteiger partial charge in [-0.3, -0.25) is 4.68 Å². The molecule has 128 valence electrons. The van der Waals surface area contributed by atoms with Gasteiger partial charge < -0.3 is 19.9 Å². The van der Waals surface area contributed by atoms with Gasteiger partial charge in [0.15, 0.2) is 5.75 Å². The molecule has 1 amide bonds. The van der Waals surface area contributed by atoms with Crippen LogP contribution in [0.15, 0.2) is 12.4 Å². The minimum atomic E-state index is -0.483. The van der Waals surface area contributed by atoms with E-state index in [2.05, 4.69) is 10.4 Å². The van der Waals surface area contributed by atoms with Crippen LogP contribution < -0.4 is 10.1 Å². The van der Waals surface area contributed by atoms with Crippen molar-refractivity contribution in [3.63, 3.8) is 0 Å². The zero-order valence-electron chi connectivity index (χ0n) is 14.1. The molecule has 4 rings (SSSR count). The van der Waals surface area contributed by atoms with Crippen LogP contribution in [0, 0.1) is 0 Å². The molecule has 0 aromatic carbocycles. The Morgan fingerprint density at radius 2 is 2.13 bits per heavy atom. The van der Waals surface area contributed by atoms with Crippen molar-refractivity contribution in [2.24, 2.45) is 0 Å². The number of nitrogens with one attached hydrogen (secondary N) is 1. The summed E-state index contributed by atoms with van der Waals surface area (Å²) in [5.41, 5.74) is -0.643. The first kappa shape index (κ1) is 16.1. The van der Waals surface area contributed by atoms with Gasteiger partial charge in [0.1, 0.15) is 11.7 Å². The van der Waals surface area contributed by atoms with Gasteiger partial charge in [0, 0.05) is 0 Å². The molecule has 0 saturated heterocycles. The molecule has 2 bridgehead atoms. The number of nitrogens with zero attached hydrogens (tertiary/aromatic N) is 2. The van der Waals surface area contributed by atoms with Gasteiger partial charge in [0.2, 0.25) is 0 Å². The summed E-state index contributed by atoms with van der Waals surface area (Å²) >= 11 is 0. The maximum atomic E-state index is 11.9. The number of aromatic nitrogens is 2. The van der Waals surface area contributed by atoms with Crippen molar-refractivity contribution in [2.75, 3.05) is 6.61 Å². The fourth-order valence-electron chi connectivity index (χ4n) is 3.53. The summed E-state index contributed by atoms with van der Waals surface area (Å²) in [5.74, 6) is 0.658. The first-order valence-corrected chi connectivity index (χ1v) is 7.99. The zero-order chi connectivity index (χ0) is 16.9. The number of aliphatic hydroxyl groups excluding tert-OH is 1. The van der Waals surface area contributed by atoms with E-state index in [4.69, 9.17) is 14.6 Å². The number of ether oxygens (including phenoxy) is 2. The lowest BCUT2D eigenvalue weighted by molar-refractivity contribution is -0.143. The molecular weight excluding hydrogens is 298 g/mol. The monoisotopic (exact) mass is 323 g/mol. The van der Waals surface area contributed by atoms with Gasteiger partial charge in [-0.05, 0) is 47.0 Å². The van der Waals surface area contributed by atoms with E-state index < -0.39 is 5.60 Å². The fraction of sp³-hybridized carbons (Fsp3) is 0.750. The normalized spacial score (nSPS) is 30.0. The van der Waals surface area contributed by atoms with Crippen LogP contribution in [0.25, 0.3) is 0 Å². The zero-order valence-corrected chi connectivity index (χ0v) is 14.1. The highest BCUT2D eigenvalue weighted by atomic mass is 16.6. The van der Waals surface area contributed by atoms with Gasteiger partial charge in [-0.25, -0.2) is 4.79 Å². The van der Waals surface area contributed by atoms with Gasteiger partial charge >= 0.3 is 6.09 Å². The van der Waals surface area contributed by atoms with E-state index in [9.17, 15) is 4.79 Å². The predicted octanol–water partition coefficient (Wildman–Crippen LogP) is 1.80. The van der Waals surface area contributed by atoms with Gasteiger partial charge in [0.25, 0.3) is 0 Å². The van der Waals surface area contributed by atoms with E-state index in [-0.39, 0.29) is 29.9 Å². The van der Waals surface area contributed by atoms with E-state index in [1.807, 2.05) is 31.6 Å². The van der Waals surface area contributed by atoms with Crippen LogP contribution in [0.1, 0.15) is 47.0 Å². The summed E-state index contributed by atoms with van der Waals surface area (Å²) in [5, 5.41) is 16.4. The minimum absolute atomic E-state index is 0.0148. The van der Waals surface area contributed by atoms with Crippen LogP contribution >= 0.6 is 0 Å². The summed E-state index contributed by atoms with van der Waals surface area (Å²) in [6.07, 6.45) is 5.50. The molecule has 3 saturated carbocycles. The summed E-state index contributed by atoms with van der Waals surface area (Å²) in [6.45, 7) is 7.34. The Hall–Kier alpha value is -1.76. The highest BCUT2D eigenvalue weighted by Gasteiger charge is 2.70. The molecule has 23 heavy (non-hydrogen) atoms. The van der Waals surface area contributed by atoms with Crippen LogP contribution in [0.4, 0.5) is 4.79 Å². The van der Waals surface area contributed by atoms with Gasteiger partial charge in [-0.1, -0.05) is 0 Å². The molecule has 1 aromatic heterocycles. The molecular formula is C16H25N3O4. The van der Waals surface area contributed by atoms with Gasteiger partial charge in [-0.15, -0.1) is 0 Å². The minimum Gasteiger partial charge on any atom is -0.485 e. The molecule has 3 aliphatic carbocycles. The van der Waals surface area contributed by atoms with Crippen molar-refractivity contribution in [1.82, 2.24) is 15.1 Å². The molecule has 0 radical (unpaired) electrons. The molecule has 0 aliphatic heterocycles. The van der Waals surface area contributed by atoms with Crippen LogP contribution in [0.5, 0.6) is 5.75 Å². The number of carbonyl (C=O) groups is 1. The quantitative estimate of drug-likeness (QED) is 0.863. The number of hydrogen-bond donors (Lipinski definition) is 2. The number of amides is 1. The molecule has 0 spiro atoms. The Morgan fingerprint density at radius 3 is 2.70 bits per heavy atom. The topological polar surface area (TPSA) is 85.6 Å². The Kier molecular flexibility index (Phi) is 3.59. The highest BCUT2D eigenvalue weighted by molar-refractivity contribution is 5.70. The maximum absolute atomic E-state index is 11.9. The largest absolute Gasteiger partial charge is 0.485 e. The third-order valence-corrected chi connectivity index (χ3v) is 4.41. The molecule has 7 nitrogen and oxygen atoms in total. The Balaban J connectivity index is 1.54. The maximum Gasteiger partial charge on any atom is 0.408 e. The lowest BCUT2D eigenvalue weighted by atomic mass is 9.44. The van der Waals surface area contributed by atoms with Gasteiger partial charge in [-0.2, -0.15) is 5.10 Å². The summed E-state index contributed by atoms with van der Waals surface area (Å²) in [6, 6.07) is 0. The van der Waals surface area contributed by atoms with Crippen LogP contribution in [-0.4, -0.2) is 44.8 Å². The Bertz CT molecular complexity index is 585. The SMILES string of the molecule is C[C@H](CO)Oc1cnn(C23CC(NC(=O)OC(C)(C)C)(C2)C3)c1.